The molecule has 0 aliphatic carbocycles. The van der Waals surface area contributed by atoms with Gasteiger partial charge in [0, 0.05) is 39.4 Å². The molecule has 25 heavy (non-hydrogen) atoms. The number of likely N-dealkylation sites (tertiary alicyclic amines) is 2. The number of hydrogen-bond acceptors (Lipinski definition) is 3. The molecule has 2 aromatic rings. The van der Waals surface area contributed by atoms with Gasteiger partial charge in [0.1, 0.15) is 0 Å². The molecular weight excluding hydrogens is 312 g/mol. The van der Waals surface area contributed by atoms with Gasteiger partial charge >= 0.3 is 0 Å². The van der Waals surface area contributed by atoms with E-state index < -0.39 is 0 Å². The summed E-state index contributed by atoms with van der Waals surface area (Å²) in [5.74, 6) is 0.346. The lowest BCUT2D eigenvalue weighted by Crippen LogP contribution is -2.48. The standard InChI is InChI=1S/C20H26N4O/c1-22-10-5-8-20(19(22)25)9-11-23(15-20)14-18-12-21-16-24(18)13-17-6-3-2-4-7-17/h2-4,6-7,12,16H,5,8-11,13-15H2,1H3/t20-/m0/s1. The second kappa shape index (κ2) is 6.64. The largest absolute Gasteiger partial charge is 0.345 e. The van der Waals surface area contributed by atoms with E-state index in [0.29, 0.717) is 5.91 Å². The Bertz CT molecular complexity index is 741. The van der Waals surface area contributed by atoms with E-state index in [1.54, 1.807) is 0 Å². The van der Waals surface area contributed by atoms with Crippen LogP contribution in [0.5, 0.6) is 0 Å². The molecule has 2 saturated heterocycles. The van der Waals surface area contributed by atoms with Crippen molar-refractivity contribution in [3.05, 3.63) is 54.1 Å². The van der Waals surface area contributed by atoms with E-state index in [1.807, 2.05) is 30.5 Å². The van der Waals surface area contributed by atoms with E-state index >= 15 is 0 Å². The Labute approximate surface area is 149 Å². The number of carbonyl (C=O) groups excluding carboxylic acids is 1. The van der Waals surface area contributed by atoms with Gasteiger partial charge in [0.15, 0.2) is 0 Å². The van der Waals surface area contributed by atoms with Crippen LogP contribution < -0.4 is 0 Å². The van der Waals surface area contributed by atoms with Gasteiger partial charge in [-0.05, 0) is 31.4 Å². The number of aromatic nitrogens is 2. The first kappa shape index (κ1) is 16.3. The fraction of sp³-hybridized carbons (Fsp3) is 0.500. The Morgan fingerprint density at radius 1 is 1.12 bits per heavy atom. The van der Waals surface area contributed by atoms with Crippen LogP contribution in [0.1, 0.15) is 30.5 Å². The summed E-state index contributed by atoms with van der Waals surface area (Å²) in [6, 6.07) is 10.5. The van der Waals surface area contributed by atoms with Crippen LogP contribution in [0.15, 0.2) is 42.9 Å². The number of rotatable bonds is 4. The molecule has 5 heteroatoms. The van der Waals surface area contributed by atoms with Gasteiger partial charge in [-0.1, -0.05) is 30.3 Å². The van der Waals surface area contributed by atoms with Crippen molar-refractivity contribution in [2.24, 2.45) is 5.41 Å². The molecule has 3 heterocycles. The van der Waals surface area contributed by atoms with Crippen molar-refractivity contribution in [3.63, 3.8) is 0 Å². The molecule has 1 atom stereocenters. The number of amides is 1. The number of carbonyl (C=O) groups is 1. The van der Waals surface area contributed by atoms with Crippen molar-refractivity contribution in [2.75, 3.05) is 26.7 Å². The summed E-state index contributed by atoms with van der Waals surface area (Å²) < 4.78 is 2.22. The van der Waals surface area contributed by atoms with Crippen LogP contribution in [0.25, 0.3) is 0 Å². The molecule has 1 spiro atoms. The Kier molecular flexibility index (Phi) is 4.34. The van der Waals surface area contributed by atoms with Crippen molar-refractivity contribution < 1.29 is 4.79 Å². The minimum absolute atomic E-state index is 0.142. The van der Waals surface area contributed by atoms with Crippen LogP contribution in [-0.2, 0) is 17.9 Å². The molecule has 2 aliphatic rings. The molecule has 1 amide bonds. The number of benzene rings is 1. The monoisotopic (exact) mass is 338 g/mol. The zero-order valence-corrected chi connectivity index (χ0v) is 14.9. The quantitative estimate of drug-likeness (QED) is 0.859. The molecule has 5 nitrogen and oxygen atoms in total. The highest BCUT2D eigenvalue weighted by molar-refractivity contribution is 5.83. The summed E-state index contributed by atoms with van der Waals surface area (Å²) in [5, 5.41) is 0. The fourth-order valence-corrected chi connectivity index (χ4v) is 4.37. The topological polar surface area (TPSA) is 41.4 Å². The molecular formula is C20H26N4O. The van der Waals surface area contributed by atoms with Crippen LogP contribution in [0.2, 0.25) is 0 Å². The molecule has 4 rings (SSSR count). The Morgan fingerprint density at radius 3 is 2.80 bits per heavy atom. The van der Waals surface area contributed by atoms with Crippen LogP contribution in [0, 0.1) is 5.41 Å². The first-order chi connectivity index (χ1) is 12.2. The maximum absolute atomic E-state index is 12.7. The molecule has 0 N–H and O–H groups in total. The van der Waals surface area contributed by atoms with Gasteiger partial charge in [-0.15, -0.1) is 0 Å². The molecule has 2 fully saturated rings. The Morgan fingerprint density at radius 2 is 1.96 bits per heavy atom. The lowest BCUT2D eigenvalue weighted by atomic mass is 9.78. The smallest absolute Gasteiger partial charge is 0.229 e. The van der Waals surface area contributed by atoms with E-state index in [0.717, 1.165) is 52.0 Å². The summed E-state index contributed by atoms with van der Waals surface area (Å²) in [5.41, 5.74) is 2.36. The highest BCUT2D eigenvalue weighted by atomic mass is 16.2. The summed E-state index contributed by atoms with van der Waals surface area (Å²) in [6.45, 7) is 4.50. The van der Waals surface area contributed by atoms with Gasteiger partial charge in [0.2, 0.25) is 5.91 Å². The molecule has 1 aromatic carbocycles. The number of piperidine rings is 1. The molecule has 0 unspecified atom stereocenters. The summed E-state index contributed by atoms with van der Waals surface area (Å²) >= 11 is 0. The van der Waals surface area contributed by atoms with Gasteiger partial charge in [-0.25, -0.2) is 4.98 Å². The van der Waals surface area contributed by atoms with Crippen molar-refractivity contribution in [3.8, 4) is 0 Å². The van der Waals surface area contributed by atoms with E-state index in [1.165, 1.54) is 11.3 Å². The maximum atomic E-state index is 12.7. The molecule has 0 bridgehead atoms. The Hall–Kier alpha value is -2.14. The Balaban J connectivity index is 1.44. The third kappa shape index (κ3) is 3.21. The average molecular weight is 338 g/mol. The van der Waals surface area contributed by atoms with Gasteiger partial charge in [0.25, 0.3) is 0 Å². The van der Waals surface area contributed by atoms with E-state index in [-0.39, 0.29) is 5.41 Å². The summed E-state index contributed by atoms with van der Waals surface area (Å²) in [6.07, 6.45) is 7.03. The zero-order chi connectivity index (χ0) is 17.3. The maximum Gasteiger partial charge on any atom is 0.229 e. The van der Waals surface area contributed by atoms with Gasteiger partial charge in [-0.3, -0.25) is 9.69 Å². The third-order valence-corrected chi connectivity index (χ3v) is 5.76. The van der Waals surface area contributed by atoms with Crippen molar-refractivity contribution in [1.29, 1.82) is 0 Å². The highest BCUT2D eigenvalue weighted by Crippen LogP contribution is 2.40. The predicted molar refractivity (Wildman–Crippen MR) is 97.0 cm³/mol. The third-order valence-electron chi connectivity index (χ3n) is 5.76. The van der Waals surface area contributed by atoms with Crippen LogP contribution >= 0.6 is 0 Å². The van der Waals surface area contributed by atoms with E-state index in [9.17, 15) is 4.79 Å². The predicted octanol–water partition coefficient (Wildman–Crippen LogP) is 2.38. The van der Waals surface area contributed by atoms with Crippen LogP contribution in [0.3, 0.4) is 0 Å². The van der Waals surface area contributed by atoms with E-state index in [2.05, 4.69) is 38.7 Å². The fourth-order valence-electron chi connectivity index (χ4n) is 4.37. The van der Waals surface area contributed by atoms with Crippen molar-refractivity contribution in [2.45, 2.75) is 32.4 Å². The molecule has 132 valence electrons. The van der Waals surface area contributed by atoms with Gasteiger partial charge in [0.05, 0.1) is 17.4 Å². The minimum atomic E-state index is -0.142. The number of nitrogens with zero attached hydrogens (tertiary/aromatic N) is 4. The minimum Gasteiger partial charge on any atom is -0.345 e. The molecule has 0 radical (unpaired) electrons. The van der Waals surface area contributed by atoms with Crippen molar-refractivity contribution >= 4 is 5.91 Å². The molecule has 1 aromatic heterocycles. The first-order valence-corrected chi connectivity index (χ1v) is 9.17. The second-order valence-electron chi connectivity index (χ2n) is 7.57. The lowest BCUT2D eigenvalue weighted by molar-refractivity contribution is -0.143. The lowest BCUT2D eigenvalue weighted by Gasteiger charge is -2.37. The van der Waals surface area contributed by atoms with Gasteiger partial charge < -0.3 is 9.47 Å². The average Bonchev–Trinajstić information content (AvgIpc) is 3.22. The zero-order valence-electron chi connectivity index (χ0n) is 14.9. The normalized spacial score (nSPS) is 24.4. The van der Waals surface area contributed by atoms with Crippen LogP contribution in [0.4, 0.5) is 0 Å². The van der Waals surface area contributed by atoms with Crippen LogP contribution in [-0.4, -0.2) is 51.9 Å². The van der Waals surface area contributed by atoms with Gasteiger partial charge in [-0.2, -0.15) is 0 Å². The SMILES string of the molecule is CN1CCC[C@@]2(CCN(Cc3cncn3Cc3ccccc3)C2)C1=O. The van der Waals surface area contributed by atoms with E-state index in [4.69, 9.17) is 0 Å². The van der Waals surface area contributed by atoms with Crippen molar-refractivity contribution in [1.82, 2.24) is 19.4 Å². The summed E-state index contributed by atoms with van der Waals surface area (Å²) in [7, 11) is 1.95. The first-order valence-electron chi connectivity index (χ1n) is 9.17. The molecule has 2 aliphatic heterocycles. The number of imidazole rings is 1. The molecule has 0 saturated carbocycles. The highest BCUT2D eigenvalue weighted by Gasteiger charge is 2.47. The second-order valence-corrected chi connectivity index (χ2v) is 7.57. The number of hydrogen-bond donors (Lipinski definition) is 0. The summed E-state index contributed by atoms with van der Waals surface area (Å²) in [4.78, 5) is 21.4.